The van der Waals surface area contributed by atoms with E-state index in [4.69, 9.17) is 9.47 Å². The van der Waals surface area contributed by atoms with Crippen LogP contribution in [0.1, 0.15) is 13.8 Å². The quantitative estimate of drug-likeness (QED) is 0.362. The summed E-state index contributed by atoms with van der Waals surface area (Å²) in [5, 5.41) is 0. The first kappa shape index (κ1) is 28.6. The molecule has 0 saturated heterocycles. The van der Waals surface area contributed by atoms with Crippen LogP contribution in [0.25, 0.3) is 0 Å². The fourth-order valence-electron chi connectivity index (χ4n) is 1.68. The van der Waals surface area contributed by atoms with Gasteiger partial charge in [-0.3, -0.25) is 0 Å². The van der Waals surface area contributed by atoms with E-state index >= 15 is 0 Å². The number of para-hydroxylation sites is 2. The van der Waals surface area contributed by atoms with Crippen molar-refractivity contribution in [2.45, 2.75) is 13.8 Å². The Bertz CT molecular complexity index is 659. The van der Waals surface area contributed by atoms with Gasteiger partial charge < -0.3 is 34.5 Å². The van der Waals surface area contributed by atoms with Crippen LogP contribution in [-0.4, -0.2) is 54.0 Å². The molecular formula is C16H18B2F8O2Se2-2. The molecule has 0 spiro atoms. The third kappa shape index (κ3) is 17.5. The zero-order chi connectivity index (χ0) is 23.2. The average Bonchev–Trinajstić information content (AvgIpc) is 2.60. The van der Waals surface area contributed by atoms with E-state index in [1.807, 2.05) is 26.0 Å². The van der Waals surface area contributed by atoms with Gasteiger partial charge in [0.25, 0.3) is 0 Å². The van der Waals surface area contributed by atoms with E-state index in [-0.39, 0.29) is 0 Å². The van der Waals surface area contributed by atoms with Gasteiger partial charge in [-0.25, -0.2) is 0 Å². The molecule has 0 radical (unpaired) electrons. The molecule has 0 aliphatic carbocycles. The molecule has 0 bridgehead atoms. The van der Waals surface area contributed by atoms with Crippen LogP contribution in [0.3, 0.4) is 0 Å². The molecule has 0 unspecified atom stereocenters. The summed E-state index contributed by atoms with van der Waals surface area (Å²) in [6.07, 6.45) is 0. The van der Waals surface area contributed by atoms with Crippen LogP contribution in [0.2, 0.25) is 0 Å². The van der Waals surface area contributed by atoms with E-state index in [1.165, 1.54) is 8.92 Å². The normalized spacial score (nSPS) is 10.9. The van der Waals surface area contributed by atoms with E-state index in [0.717, 1.165) is 24.7 Å². The first-order valence-electron chi connectivity index (χ1n) is 8.38. The molecule has 0 N–H and O–H groups in total. The van der Waals surface area contributed by atoms with Crippen molar-refractivity contribution in [3.63, 3.8) is 0 Å². The van der Waals surface area contributed by atoms with Gasteiger partial charge in [0.2, 0.25) is 0 Å². The molecule has 0 amide bonds. The number of benzene rings is 2. The largest absolute Gasteiger partial charge is 0.673 e. The maximum atomic E-state index is 9.75. The van der Waals surface area contributed by atoms with Gasteiger partial charge in [0.1, 0.15) is 0 Å². The van der Waals surface area contributed by atoms with Gasteiger partial charge >= 0.3 is 146 Å². The van der Waals surface area contributed by atoms with E-state index in [2.05, 4.69) is 36.4 Å². The Kier molecular flexibility index (Phi) is 14.0. The standard InChI is InChI=1S/C16H18O2Se2.2BF4/c1-3-17-13-9-5-7-11-15(13)19-20-16-12-8-6-10-14(16)18-4-2;2*2-1(3,4)5/h5-12H,3-4H2,1-2H3;;/q;2*-1. The van der Waals surface area contributed by atoms with Crippen molar-refractivity contribution >= 4 is 49.7 Å². The summed E-state index contributed by atoms with van der Waals surface area (Å²) in [6, 6.07) is 16.7. The van der Waals surface area contributed by atoms with Crippen molar-refractivity contribution in [3.8, 4) is 11.5 Å². The Morgan fingerprint density at radius 1 is 0.600 bits per heavy atom. The van der Waals surface area contributed by atoms with Crippen molar-refractivity contribution in [1.82, 2.24) is 0 Å². The number of ether oxygens (including phenoxy) is 2. The predicted molar refractivity (Wildman–Crippen MR) is 106 cm³/mol. The minimum Gasteiger partial charge on any atom is -0.418 e. The molecule has 170 valence electrons. The summed E-state index contributed by atoms with van der Waals surface area (Å²) in [5.74, 6) is 2.07. The maximum absolute atomic E-state index is 9.75. The molecule has 0 heterocycles. The Balaban J connectivity index is 0.000000702. The number of halogens is 8. The topological polar surface area (TPSA) is 18.5 Å². The summed E-state index contributed by atoms with van der Waals surface area (Å²) in [4.78, 5) is 0. The van der Waals surface area contributed by atoms with Gasteiger partial charge in [-0.05, 0) is 0 Å². The summed E-state index contributed by atoms with van der Waals surface area (Å²) >= 11 is 0.817. The Morgan fingerprint density at radius 3 is 1.13 bits per heavy atom. The molecular weight excluding hydrogens is 556 g/mol. The third-order valence-corrected chi connectivity index (χ3v) is 9.69. The van der Waals surface area contributed by atoms with Gasteiger partial charge in [-0.2, -0.15) is 0 Å². The molecule has 2 aromatic carbocycles. The summed E-state index contributed by atoms with van der Waals surface area (Å²) in [6.45, 7) is 5.49. The third-order valence-electron chi connectivity index (χ3n) is 2.52. The van der Waals surface area contributed by atoms with Crippen LogP contribution in [0.15, 0.2) is 48.5 Å². The molecule has 0 aliphatic heterocycles. The van der Waals surface area contributed by atoms with Crippen molar-refractivity contribution in [1.29, 1.82) is 0 Å². The van der Waals surface area contributed by atoms with Gasteiger partial charge in [0.05, 0.1) is 0 Å². The number of rotatable bonds is 7. The van der Waals surface area contributed by atoms with Crippen LogP contribution in [0.4, 0.5) is 34.5 Å². The van der Waals surface area contributed by atoms with E-state index in [1.54, 1.807) is 0 Å². The van der Waals surface area contributed by atoms with Crippen LogP contribution >= 0.6 is 0 Å². The molecule has 2 aromatic rings. The fourth-order valence-corrected chi connectivity index (χ4v) is 8.45. The Morgan fingerprint density at radius 2 is 0.867 bits per heavy atom. The van der Waals surface area contributed by atoms with Crippen LogP contribution in [-0.2, 0) is 0 Å². The smallest absolute Gasteiger partial charge is 0.418 e. The van der Waals surface area contributed by atoms with Crippen molar-refractivity contribution in [3.05, 3.63) is 48.5 Å². The fraction of sp³-hybridized carbons (Fsp3) is 0.250. The molecule has 0 saturated carbocycles. The number of hydrogen-bond donors (Lipinski definition) is 0. The van der Waals surface area contributed by atoms with Gasteiger partial charge in [0.15, 0.2) is 0 Å². The summed E-state index contributed by atoms with van der Waals surface area (Å²) < 4.78 is 92.1. The second-order valence-corrected chi connectivity index (χ2v) is 11.1. The minimum absolute atomic E-state index is 0.409. The van der Waals surface area contributed by atoms with Crippen LogP contribution in [0.5, 0.6) is 11.5 Å². The second kappa shape index (κ2) is 14.6. The zero-order valence-corrected chi connectivity index (χ0v) is 19.3. The summed E-state index contributed by atoms with van der Waals surface area (Å²) in [7, 11) is -12.0. The number of hydrogen-bond acceptors (Lipinski definition) is 2. The molecule has 0 aromatic heterocycles. The van der Waals surface area contributed by atoms with Crippen molar-refractivity contribution in [2.75, 3.05) is 13.2 Å². The predicted octanol–water partition coefficient (Wildman–Crippen LogP) is 4.36. The van der Waals surface area contributed by atoms with E-state index in [9.17, 15) is 34.5 Å². The zero-order valence-electron chi connectivity index (χ0n) is 15.8. The first-order chi connectivity index (χ1) is 13.8. The Hall–Kier alpha value is -1.35. The van der Waals surface area contributed by atoms with Gasteiger partial charge in [-0.1, -0.05) is 0 Å². The average molecular weight is 574 g/mol. The monoisotopic (exact) mass is 576 g/mol. The summed E-state index contributed by atoms with van der Waals surface area (Å²) in [5.41, 5.74) is 0. The van der Waals surface area contributed by atoms with Crippen molar-refractivity contribution < 1.29 is 44.0 Å². The molecule has 0 aliphatic rings. The SMILES string of the molecule is CCOc1ccccc1[Se][Se]c1ccccc1OCC.F[B-](F)(F)F.F[B-](F)(F)F. The molecule has 0 fully saturated rings. The molecule has 0 atom stereocenters. The molecule has 2 rings (SSSR count). The maximum Gasteiger partial charge on any atom is 0.673 e. The first-order valence-corrected chi connectivity index (χ1v) is 14.4. The minimum atomic E-state index is -6.00. The molecule has 30 heavy (non-hydrogen) atoms. The van der Waals surface area contributed by atoms with E-state index < -0.39 is 14.5 Å². The van der Waals surface area contributed by atoms with Gasteiger partial charge in [-0.15, -0.1) is 0 Å². The Labute approximate surface area is 180 Å². The van der Waals surface area contributed by atoms with Crippen LogP contribution < -0.4 is 18.4 Å². The van der Waals surface area contributed by atoms with Crippen molar-refractivity contribution in [2.24, 2.45) is 0 Å². The van der Waals surface area contributed by atoms with E-state index in [0.29, 0.717) is 26.3 Å². The molecule has 14 heteroatoms. The van der Waals surface area contributed by atoms with Crippen LogP contribution in [0, 0.1) is 0 Å². The second-order valence-electron chi connectivity index (χ2n) is 4.92. The van der Waals surface area contributed by atoms with Gasteiger partial charge in [0, 0.05) is 0 Å². The molecule has 2 nitrogen and oxygen atoms in total.